The third-order valence-electron chi connectivity index (χ3n) is 5.28. The lowest BCUT2D eigenvalue weighted by atomic mass is 10.1. The molecule has 1 unspecified atom stereocenters. The van der Waals surface area contributed by atoms with Crippen molar-refractivity contribution in [3.63, 3.8) is 0 Å². The number of hydrogen-bond acceptors (Lipinski definition) is 4. The molecule has 1 saturated heterocycles. The number of aryl methyl sites for hydroxylation is 2. The van der Waals surface area contributed by atoms with Crippen LogP contribution in [-0.4, -0.2) is 38.8 Å². The molecule has 1 aliphatic carbocycles. The van der Waals surface area contributed by atoms with E-state index in [0.717, 1.165) is 36.2 Å². The number of carbonyl (C=O) groups excluding carboxylic acids is 1. The van der Waals surface area contributed by atoms with Crippen molar-refractivity contribution in [3.8, 4) is 0 Å². The lowest BCUT2D eigenvalue weighted by molar-refractivity contribution is -0.137. The summed E-state index contributed by atoms with van der Waals surface area (Å²) in [5.41, 5.74) is 1.13. The van der Waals surface area contributed by atoms with Crippen molar-refractivity contribution in [2.75, 3.05) is 21.4 Å². The zero-order chi connectivity index (χ0) is 21.6. The number of benzene rings is 1. The number of rotatable bonds is 4. The summed E-state index contributed by atoms with van der Waals surface area (Å²) < 4.78 is 52.2. The summed E-state index contributed by atoms with van der Waals surface area (Å²) in [7, 11) is -1.35. The highest BCUT2D eigenvalue weighted by molar-refractivity contribution is 7.85. The van der Waals surface area contributed by atoms with Crippen LogP contribution in [-0.2, 0) is 21.8 Å². The molecule has 9 heteroatoms. The molecule has 0 spiro atoms. The summed E-state index contributed by atoms with van der Waals surface area (Å²) in [5, 5.41) is 0. The van der Waals surface area contributed by atoms with E-state index in [0.29, 0.717) is 0 Å². The van der Waals surface area contributed by atoms with E-state index in [2.05, 4.69) is 4.98 Å². The van der Waals surface area contributed by atoms with Crippen LogP contribution in [0.15, 0.2) is 36.4 Å². The summed E-state index contributed by atoms with van der Waals surface area (Å²) in [6, 6.07) is 8.72. The SMILES string of the molecule is Cc1cccc(N(C(=O)[C@@H]2CS(=O)CN2c2cc(C(F)(F)F)cc(C)n2)C2CC2)c1. The molecule has 2 heterocycles. The minimum absolute atomic E-state index is 0.0174. The van der Waals surface area contributed by atoms with Crippen LogP contribution >= 0.6 is 0 Å². The summed E-state index contributed by atoms with van der Waals surface area (Å²) in [6.07, 6.45) is -2.78. The predicted molar refractivity (Wildman–Crippen MR) is 110 cm³/mol. The highest BCUT2D eigenvalue weighted by atomic mass is 32.2. The van der Waals surface area contributed by atoms with Crippen molar-refractivity contribution >= 4 is 28.2 Å². The first-order valence-electron chi connectivity index (χ1n) is 9.71. The summed E-state index contributed by atoms with van der Waals surface area (Å²) in [5.74, 6) is -0.154. The minimum Gasteiger partial charge on any atom is -0.332 e. The summed E-state index contributed by atoms with van der Waals surface area (Å²) in [6.45, 7) is 3.41. The Bertz CT molecular complexity index is 1010. The Morgan fingerprint density at radius 1 is 1.20 bits per heavy atom. The third kappa shape index (κ3) is 4.21. The second kappa shape index (κ2) is 7.68. The lowest BCUT2D eigenvalue weighted by Crippen LogP contribution is -2.48. The average molecular weight is 437 g/mol. The predicted octanol–water partition coefficient (Wildman–Crippen LogP) is 3.81. The molecule has 1 saturated carbocycles. The highest BCUT2D eigenvalue weighted by Gasteiger charge is 2.44. The van der Waals surface area contributed by atoms with Crippen molar-refractivity contribution in [1.82, 2.24) is 4.98 Å². The van der Waals surface area contributed by atoms with Crippen molar-refractivity contribution < 1.29 is 22.2 Å². The Morgan fingerprint density at radius 3 is 2.57 bits per heavy atom. The molecule has 1 aromatic carbocycles. The molecule has 0 bridgehead atoms. The average Bonchev–Trinajstić information content (AvgIpc) is 3.41. The van der Waals surface area contributed by atoms with E-state index in [9.17, 15) is 22.2 Å². The Kier molecular flexibility index (Phi) is 5.34. The van der Waals surface area contributed by atoms with Crippen molar-refractivity contribution in [2.24, 2.45) is 0 Å². The van der Waals surface area contributed by atoms with Crippen LogP contribution in [0.4, 0.5) is 24.7 Å². The fourth-order valence-electron chi connectivity index (χ4n) is 3.75. The van der Waals surface area contributed by atoms with E-state index >= 15 is 0 Å². The van der Waals surface area contributed by atoms with Gasteiger partial charge in [0, 0.05) is 28.2 Å². The summed E-state index contributed by atoms with van der Waals surface area (Å²) >= 11 is 0. The van der Waals surface area contributed by atoms with Gasteiger partial charge in [-0.15, -0.1) is 0 Å². The van der Waals surface area contributed by atoms with E-state index in [4.69, 9.17) is 0 Å². The second-order valence-corrected chi connectivity index (χ2v) is 9.32. The number of carbonyl (C=O) groups is 1. The Hall–Kier alpha value is -2.42. The molecule has 0 radical (unpaired) electrons. The van der Waals surface area contributed by atoms with Crippen LogP contribution in [0.2, 0.25) is 0 Å². The number of nitrogens with zero attached hydrogens (tertiary/aromatic N) is 3. The van der Waals surface area contributed by atoms with E-state index in [1.54, 1.807) is 4.90 Å². The normalized spacial score (nSPS) is 21.7. The fourth-order valence-corrected chi connectivity index (χ4v) is 5.15. The molecular formula is C21H22F3N3O2S. The largest absolute Gasteiger partial charge is 0.416 e. The van der Waals surface area contributed by atoms with Gasteiger partial charge in [0.1, 0.15) is 11.9 Å². The molecular weight excluding hydrogens is 415 g/mol. The number of pyridine rings is 1. The molecule has 2 aliphatic rings. The van der Waals surface area contributed by atoms with Gasteiger partial charge in [0.25, 0.3) is 5.91 Å². The molecule has 30 heavy (non-hydrogen) atoms. The van der Waals surface area contributed by atoms with Gasteiger partial charge in [-0.1, -0.05) is 12.1 Å². The van der Waals surface area contributed by atoms with Crippen molar-refractivity contribution in [1.29, 1.82) is 0 Å². The number of hydrogen-bond donors (Lipinski definition) is 0. The van der Waals surface area contributed by atoms with Crippen LogP contribution in [0.1, 0.15) is 29.7 Å². The second-order valence-electron chi connectivity index (χ2n) is 7.85. The summed E-state index contributed by atoms with van der Waals surface area (Å²) in [4.78, 5) is 20.9. The van der Waals surface area contributed by atoms with Gasteiger partial charge in [0.05, 0.1) is 17.2 Å². The van der Waals surface area contributed by atoms with Gasteiger partial charge in [0.2, 0.25) is 0 Å². The lowest BCUT2D eigenvalue weighted by Gasteiger charge is -2.31. The molecule has 5 nitrogen and oxygen atoms in total. The highest BCUT2D eigenvalue weighted by Crippen LogP contribution is 2.36. The molecule has 4 rings (SSSR count). The molecule has 160 valence electrons. The standard InChI is InChI=1S/C21H22F3N3O2S/c1-13-4-3-5-17(8-13)27(16-6-7-16)20(28)18-11-30(29)12-26(18)19-10-15(21(22,23)24)9-14(2)25-19/h3-5,8-10,16,18H,6-7,11-12H2,1-2H3/t18-,30?/m0/s1. The van der Waals surface area contributed by atoms with Crippen LogP contribution in [0.5, 0.6) is 0 Å². The third-order valence-corrected chi connectivity index (χ3v) is 6.53. The molecule has 0 N–H and O–H groups in total. The van der Waals surface area contributed by atoms with Gasteiger partial charge in [-0.3, -0.25) is 9.00 Å². The Labute approximate surface area is 175 Å². The molecule has 2 fully saturated rings. The monoisotopic (exact) mass is 437 g/mol. The molecule has 2 atom stereocenters. The number of anilines is 2. The van der Waals surface area contributed by atoms with Crippen molar-refractivity contribution in [2.45, 2.75) is 44.9 Å². The van der Waals surface area contributed by atoms with Gasteiger partial charge >= 0.3 is 6.18 Å². The zero-order valence-corrected chi connectivity index (χ0v) is 17.5. The molecule has 2 aromatic rings. The molecule has 1 aromatic heterocycles. The minimum atomic E-state index is -4.53. The maximum atomic E-state index is 13.5. The van der Waals surface area contributed by atoms with Gasteiger partial charge in [0.15, 0.2) is 0 Å². The van der Waals surface area contributed by atoms with E-state index in [1.165, 1.54) is 11.8 Å². The van der Waals surface area contributed by atoms with E-state index in [-0.39, 0.29) is 35.1 Å². The number of aromatic nitrogens is 1. The smallest absolute Gasteiger partial charge is 0.332 e. The van der Waals surface area contributed by atoms with Gasteiger partial charge in [-0.05, 0) is 56.5 Å². The van der Waals surface area contributed by atoms with Crippen LogP contribution in [0, 0.1) is 13.8 Å². The van der Waals surface area contributed by atoms with E-state index in [1.807, 2.05) is 31.2 Å². The van der Waals surface area contributed by atoms with Crippen LogP contribution < -0.4 is 9.80 Å². The van der Waals surface area contributed by atoms with E-state index < -0.39 is 28.6 Å². The molecule has 1 aliphatic heterocycles. The van der Waals surface area contributed by atoms with Gasteiger partial charge < -0.3 is 9.80 Å². The van der Waals surface area contributed by atoms with Crippen molar-refractivity contribution in [3.05, 3.63) is 53.2 Å². The Morgan fingerprint density at radius 2 is 1.93 bits per heavy atom. The fraction of sp³-hybridized carbons (Fsp3) is 0.429. The number of alkyl halides is 3. The van der Waals surface area contributed by atoms with Crippen LogP contribution in [0.3, 0.4) is 0 Å². The van der Waals surface area contributed by atoms with Gasteiger partial charge in [-0.25, -0.2) is 4.98 Å². The number of halogens is 3. The van der Waals surface area contributed by atoms with Gasteiger partial charge in [-0.2, -0.15) is 13.2 Å². The first kappa shape index (κ1) is 20.8. The maximum Gasteiger partial charge on any atom is 0.416 e. The topological polar surface area (TPSA) is 53.5 Å². The number of amides is 1. The molecule has 1 amide bonds. The maximum absolute atomic E-state index is 13.5. The zero-order valence-electron chi connectivity index (χ0n) is 16.6. The van der Waals surface area contributed by atoms with Crippen LogP contribution in [0.25, 0.3) is 0 Å². The first-order valence-corrected chi connectivity index (χ1v) is 11.2. The Balaban J connectivity index is 1.70. The quantitative estimate of drug-likeness (QED) is 0.730. The first-order chi connectivity index (χ1) is 14.1.